The zero-order chi connectivity index (χ0) is 14.9. The van der Waals surface area contributed by atoms with Crippen molar-refractivity contribution in [2.24, 2.45) is 5.92 Å². The zero-order valence-electron chi connectivity index (χ0n) is 11.6. The van der Waals surface area contributed by atoms with Crippen LogP contribution in [0.3, 0.4) is 0 Å². The smallest absolute Gasteiger partial charge is 0.252 e. The van der Waals surface area contributed by atoms with Gasteiger partial charge in [-0.1, -0.05) is 13.8 Å². The SMILES string of the molecule is CC(C)C(=O)N1CCN(S(=O)(=O)c2cc(N)cs2)CC1. The quantitative estimate of drug-likeness (QED) is 0.894. The summed E-state index contributed by atoms with van der Waals surface area (Å²) in [5.41, 5.74) is 6.03. The van der Waals surface area contributed by atoms with E-state index in [1.165, 1.54) is 10.4 Å². The van der Waals surface area contributed by atoms with Crippen molar-refractivity contribution in [2.75, 3.05) is 31.9 Å². The second-order valence-corrected chi connectivity index (χ2v) is 8.16. The average molecular weight is 317 g/mol. The Hall–Kier alpha value is -1.12. The van der Waals surface area contributed by atoms with Crippen molar-refractivity contribution in [3.8, 4) is 0 Å². The number of thiophene rings is 1. The van der Waals surface area contributed by atoms with Crippen LogP contribution < -0.4 is 5.73 Å². The lowest BCUT2D eigenvalue weighted by Gasteiger charge is -2.34. The summed E-state index contributed by atoms with van der Waals surface area (Å²) in [6.45, 7) is 5.24. The van der Waals surface area contributed by atoms with Crippen LogP contribution in [0.1, 0.15) is 13.8 Å². The van der Waals surface area contributed by atoms with Gasteiger partial charge in [0.15, 0.2) is 0 Å². The average Bonchev–Trinajstić information content (AvgIpc) is 2.85. The number of piperazine rings is 1. The van der Waals surface area contributed by atoms with Gasteiger partial charge in [0.1, 0.15) is 4.21 Å². The molecule has 2 rings (SSSR count). The minimum atomic E-state index is -3.48. The first-order valence-electron chi connectivity index (χ1n) is 6.45. The maximum atomic E-state index is 12.4. The predicted octanol–water partition coefficient (Wildman–Crippen LogP) is 0.819. The molecular formula is C12H19N3O3S2. The molecule has 1 amide bonds. The van der Waals surface area contributed by atoms with E-state index in [1.54, 1.807) is 10.3 Å². The summed E-state index contributed by atoms with van der Waals surface area (Å²) in [6, 6.07) is 1.48. The van der Waals surface area contributed by atoms with Crippen molar-refractivity contribution in [3.63, 3.8) is 0 Å². The number of hydrogen-bond donors (Lipinski definition) is 1. The number of sulfonamides is 1. The standard InChI is InChI=1S/C12H19N3O3S2/c1-9(2)12(16)14-3-5-15(6-4-14)20(17,18)11-7-10(13)8-19-11/h7-9H,3-6,13H2,1-2H3. The molecule has 112 valence electrons. The first kappa shape index (κ1) is 15.3. The van der Waals surface area contributed by atoms with E-state index >= 15 is 0 Å². The molecule has 0 aromatic carbocycles. The maximum absolute atomic E-state index is 12.4. The molecule has 0 spiro atoms. The molecule has 1 saturated heterocycles. The van der Waals surface area contributed by atoms with Crippen molar-refractivity contribution in [1.82, 2.24) is 9.21 Å². The Bertz CT molecular complexity index is 587. The molecule has 1 fully saturated rings. The molecule has 2 N–H and O–H groups in total. The second kappa shape index (κ2) is 5.71. The number of nitrogens with zero attached hydrogens (tertiary/aromatic N) is 2. The molecule has 0 atom stereocenters. The highest BCUT2D eigenvalue weighted by molar-refractivity contribution is 7.91. The maximum Gasteiger partial charge on any atom is 0.252 e. The number of anilines is 1. The van der Waals surface area contributed by atoms with E-state index in [-0.39, 0.29) is 16.0 Å². The minimum Gasteiger partial charge on any atom is -0.398 e. The molecule has 0 unspecified atom stereocenters. The summed E-state index contributed by atoms with van der Waals surface area (Å²) >= 11 is 1.13. The van der Waals surface area contributed by atoms with Gasteiger partial charge < -0.3 is 10.6 Å². The Morgan fingerprint density at radius 2 is 1.90 bits per heavy atom. The molecule has 1 aromatic rings. The van der Waals surface area contributed by atoms with Crippen molar-refractivity contribution >= 4 is 33.0 Å². The molecule has 8 heteroatoms. The second-order valence-electron chi connectivity index (χ2n) is 5.08. The van der Waals surface area contributed by atoms with Crippen LogP contribution in [0.5, 0.6) is 0 Å². The third-order valence-corrected chi connectivity index (χ3v) is 6.57. The number of nitrogen functional groups attached to an aromatic ring is 1. The van der Waals surface area contributed by atoms with Crippen molar-refractivity contribution < 1.29 is 13.2 Å². The Morgan fingerprint density at radius 3 is 2.35 bits per heavy atom. The first-order valence-corrected chi connectivity index (χ1v) is 8.77. The topological polar surface area (TPSA) is 83.7 Å². The highest BCUT2D eigenvalue weighted by atomic mass is 32.2. The number of amides is 1. The fraction of sp³-hybridized carbons (Fsp3) is 0.583. The summed E-state index contributed by atoms with van der Waals surface area (Å²) in [5, 5.41) is 1.62. The van der Waals surface area contributed by atoms with E-state index in [0.717, 1.165) is 11.3 Å². The lowest BCUT2D eigenvalue weighted by Crippen LogP contribution is -2.51. The van der Waals surface area contributed by atoms with Crippen LogP contribution in [-0.2, 0) is 14.8 Å². The molecule has 0 bridgehead atoms. The number of nitrogens with two attached hydrogens (primary N) is 1. The van der Waals surface area contributed by atoms with Crippen LogP contribution in [0, 0.1) is 5.92 Å². The Balaban J connectivity index is 2.05. The van der Waals surface area contributed by atoms with Gasteiger partial charge in [0.25, 0.3) is 10.0 Å². The summed E-state index contributed by atoms with van der Waals surface area (Å²) < 4.78 is 26.5. The Kier molecular flexibility index (Phi) is 4.36. The monoisotopic (exact) mass is 317 g/mol. The summed E-state index contributed by atoms with van der Waals surface area (Å²) in [6.07, 6.45) is 0. The molecule has 0 saturated carbocycles. The number of rotatable bonds is 3. The van der Waals surface area contributed by atoms with Gasteiger partial charge >= 0.3 is 0 Å². The third-order valence-electron chi connectivity index (χ3n) is 3.23. The minimum absolute atomic E-state index is 0.0600. The molecule has 0 aliphatic carbocycles. The van der Waals surface area contributed by atoms with Gasteiger partial charge in [-0.25, -0.2) is 8.42 Å². The van der Waals surface area contributed by atoms with E-state index in [9.17, 15) is 13.2 Å². The molecule has 2 heterocycles. The Labute approximate surface area is 123 Å². The summed E-state index contributed by atoms with van der Waals surface area (Å²) in [7, 11) is -3.48. The molecule has 6 nitrogen and oxygen atoms in total. The highest BCUT2D eigenvalue weighted by Gasteiger charge is 2.31. The van der Waals surface area contributed by atoms with Crippen LogP contribution >= 0.6 is 11.3 Å². The van der Waals surface area contributed by atoms with Crippen molar-refractivity contribution in [1.29, 1.82) is 0 Å². The number of hydrogen-bond acceptors (Lipinski definition) is 5. The van der Waals surface area contributed by atoms with E-state index in [0.29, 0.717) is 31.9 Å². The fourth-order valence-corrected chi connectivity index (χ4v) is 4.76. The number of carbonyl (C=O) groups excluding carboxylic acids is 1. The summed E-state index contributed by atoms with van der Waals surface area (Å²) in [5.74, 6) is 0.0117. The summed E-state index contributed by atoms with van der Waals surface area (Å²) in [4.78, 5) is 13.6. The van der Waals surface area contributed by atoms with Crippen LogP contribution in [0.2, 0.25) is 0 Å². The van der Waals surface area contributed by atoms with Gasteiger partial charge in [0, 0.05) is 43.2 Å². The molecule has 1 aliphatic rings. The lowest BCUT2D eigenvalue weighted by molar-refractivity contribution is -0.135. The Morgan fingerprint density at radius 1 is 1.30 bits per heavy atom. The fourth-order valence-electron chi connectivity index (χ4n) is 2.11. The molecule has 1 aliphatic heterocycles. The third kappa shape index (κ3) is 2.97. The molecule has 0 radical (unpaired) electrons. The van der Waals surface area contributed by atoms with Crippen LogP contribution in [0.4, 0.5) is 5.69 Å². The highest BCUT2D eigenvalue weighted by Crippen LogP contribution is 2.26. The van der Waals surface area contributed by atoms with Crippen LogP contribution in [-0.4, -0.2) is 49.7 Å². The van der Waals surface area contributed by atoms with Gasteiger partial charge in [-0.05, 0) is 6.07 Å². The van der Waals surface area contributed by atoms with E-state index in [2.05, 4.69) is 0 Å². The van der Waals surface area contributed by atoms with Crippen molar-refractivity contribution in [2.45, 2.75) is 18.1 Å². The zero-order valence-corrected chi connectivity index (χ0v) is 13.2. The largest absolute Gasteiger partial charge is 0.398 e. The van der Waals surface area contributed by atoms with Gasteiger partial charge in [-0.3, -0.25) is 4.79 Å². The first-order chi connectivity index (χ1) is 9.32. The van der Waals surface area contributed by atoms with Crippen molar-refractivity contribution in [3.05, 3.63) is 11.4 Å². The molecule has 1 aromatic heterocycles. The lowest BCUT2D eigenvalue weighted by atomic mass is 10.2. The predicted molar refractivity (Wildman–Crippen MR) is 78.9 cm³/mol. The van der Waals surface area contributed by atoms with Gasteiger partial charge in [-0.15, -0.1) is 11.3 Å². The number of carbonyl (C=O) groups is 1. The van der Waals surface area contributed by atoms with Crippen LogP contribution in [0.15, 0.2) is 15.7 Å². The van der Waals surface area contributed by atoms with E-state index in [1.807, 2.05) is 13.8 Å². The normalized spacial score (nSPS) is 17.6. The molecular weight excluding hydrogens is 298 g/mol. The van der Waals surface area contributed by atoms with E-state index in [4.69, 9.17) is 5.73 Å². The van der Waals surface area contributed by atoms with Gasteiger partial charge in [0.2, 0.25) is 5.91 Å². The van der Waals surface area contributed by atoms with Gasteiger partial charge in [0.05, 0.1) is 0 Å². The van der Waals surface area contributed by atoms with Crippen LogP contribution in [0.25, 0.3) is 0 Å². The molecule has 20 heavy (non-hydrogen) atoms. The van der Waals surface area contributed by atoms with E-state index < -0.39 is 10.0 Å². The van der Waals surface area contributed by atoms with Gasteiger partial charge in [-0.2, -0.15) is 4.31 Å².